The SMILES string of the molecule is OC(O)(c1ccncc1)C1CCOC1. The maximum Gasteiger partial charge on any atom is 0.195 e. The van der Waals surface area contributed by atoms with Crippen molar-refractivity contribution in [3.8, 4) is 0 Å². The van der Waals surface area contributed by atoms with E-state index in [2.05, 4.69) is 4.98 Å². The van der Waals surface area contributed by atoms with Crippen LogP contribution in [0.15, 0.2) is 24.5 Å². The molecule has 1 saturated heterocycles. The number of hydrogen-bond acceptors (Lipinski definition) is 4. The van der Waals surface area contributed by atoms with Crippen LogP contribution in [0.4, 0.5) is 0 Å². The molecule has 1 atom stereocenters. The fraction of sp³-hybridized carbons (Fsp3) is 0.500. The number of aromatic nitrogens is 1. The summed E-state index contributed by atoms with van der Waals surface area (Å²) in [4.78, 5) is 3.83. The van der Waals surface area contributed by atoms with Crippen molar-refractivity contribution >= 4 is 0 Å². The van der Waals surface area contributed by atoms with Crippen molar-refractivity contribution in [3.05, 3.63) is 30.1 Å². The van der Waals surface area contributed by atoms with E-state index in [0.717, 1.165) is 0 Å². The lowest BCUT2D eigenvalue weighted by Gasteiger charge is -2.27. The molecular formula is C10H13NO3. The van der Waals surface area contributed by atoms with Crippen molar-refractivity contribution in [2.24, 2.45) is 5.92 Å². The Labute approximate surface area is 82.2 Å². The first kappa shape index (κ1) is 9.58. The monoisotopic (exact) mass is 195 g/mol. The van der Waals surface area contributed by atoms with Crippen LogP contribution >= 0.6 is 0 Å². The third-order valence-electron chi connectivity index (χ3n) is 2.60. The van der Waals surface area contributed by atoms with Gasteiger partial charge in [0.2, 0.25) is 0 Å². The minimum atomic E-state index is -1.79. The van der Waals surface area contributed by atoms with Crippen molar-refractivity contribution in [3.63, 3.8) is 0 Å². The second kappa shape index (κ2) is 3.65. The first-order chi connectivity index (χ1) is 6.71. The van der Waals surface area contributed by atoms with Gasteiger partial charge in [0.25, 0.3) is 0 Å². The Hall–Kier alpha value is -0.970. The van der Waals surface area contributed by atoms with E-state index in [1.54, 1.807) is 24.5 Å². The van der Waals surface area contributed by atoms with Gasteiger partial charge < -0.3 is 14.9 Å². The maximum absolute atomic E-state index is 9.93. The Kier molecular flexibility index (Phi) is 2.50. The summed E-state index contributed by atoms with van der Waals surface area (Å²) in [7, 11) is 0. The molecule has 14 heavy (non-hydrogen) atoms. The molecule has 76 valence electrons. The van der Waals surface area contributed by atoms with Gasteiger partial charge in [-0.15, -0.1) is 0 Å². The predicted molar refractivity (Wildman–Crippen MR) is 49.3 cm³/mol. The Bertz CT molecular complexity index is 293. The first-order valence-electron chi connectivity index (χ1n) is 4.64. The van der Waals surface area contributed by atoms with Gasteiger partial charge in [-0.3, -0.25) is 4.98 Å². The van der Waals surface area contributed by atoms with E-state index < -0.39 is 5.79 Å². The second-order valence-electron chi connectivity index (χ2n) is 3.52. The number of rotatable bonds is 2. The van der Waals surface area contributed by atoms with E-state index in [0.29, 0.717) is 25.2 Å². The van der Waals surface area contributed by atoms with Crippen LogP contribution in [0.3, 0.4) is 0 Å². The van der Waals surface area contributed by atoms with Gasteiger partial charge in [-0.2, -0.15) is 0 Å². The van der Waals surface area contributed by atoms with Gasteiger partial charge in [0, 0.05) is 30.5 Å². The minimum absolute atomic E-state index is 0.245. The molecule has 0 aliphatic carbocycles. The van der Waals surface area contributed by atoms with Crippen molar-refractivity contribution < 1.29 is 14.9 Å². The third kappa shape index (κ3) is 1.64. The molecule has 0 bridgehead atoms. The minimum Gasteiger partial charge on any atom is -0.381 e. The van der Waals surface area contributed by atoms with E-state index in [1.807, 2.05) is 0 Å². The van der Waals surface area contributed by atoms with Gasteiger partial charge in [0.1, 0.15) is 0 Å². The molecule has 0 radical (unpaired) electrons. The average molecular weight is 195 g/mol. The molecule has 0 amide bonds. The summed E-state index contributed by atoms with van der Waals surface area (Å²) in [5.41, 5.74) is 0.475. The predicted octanol–water partition coefficient (Wildman–Crippen LogP) is 0.255. The van der Waals surface area contributed by atoms with Crippen molar-refractivity contribution in [1.29, 1.82) is 0 Å². The molecule has 1 unspecified atom stereocenters. The summed E-state index contributed by atoms with van der Waals surface area (Å²) >= 11 is 0. The van der Waals surface area contributed by atoms with Gasteiger partial charge in [0.15, 0.2) is 5.79 Å². The molecule has 0 saturated carbocycles. The normalized spacial score (nSPS) is 22.6. The lowest BCUT2D eigenvalue weighted by Crippen LogP contribution is -2.35. The summed E-state index contributed by atoms with van der Waals surface area (Å²) in [5.74, 6) is -2.04. The lowest BCUT2D eigenvalue weighted by atomic mass is 9.92. The van der Waals surface area contributed by atoms with Gasteiger partial charge in [-0.05, 0) is 18.6 Å². The zero-order chi connectivity index (χ0) is 10.0. The molecule has 1 fully saturated rings. The Balaban J connectivity index is 2.22. The molecule has 2 N–H and O–H groups in total. The number of aliphatic hydroxyl groups is 2. The second-order valence-corrected chi connectivity index (χ2v) is 3.52. The van der Waals surface area contributed by atoms with Crippen LogP contribution in [0, 0.1) is 5.92 Å². The Morgan fingerprint density at radius 1 is 1.36 bits per heavy atom. The molecule has 1 aliphatic rings. The first-order valence-corrected chi connectivity index (χ1v) is 4.64. The molecule has 0 aromatic carbocycles. The molecular weight excluding hydrogens is 182 g/mol. The molecule has 4 heteroatoms. The highest BCUT2D eigenvalue weighted by Gasteiger charge is 2.38. The van der Waals surface area contributed by atoms with Crippen LogP contribution in [0.2, 0.25) is 0 Å². The van der Waals surface area contributed by atoms with Crippen molar-refractivity contribution in [2.45, 2.75) is 12.2 Å². The fourth-order valence-corrected chi connectivity index (χ4v) is 1.68. The highest BCUT2D eigenvalue weighted by atomic mass is 16.5. The Morgan fingerprint density at radius 2 is 2.07 bits per heavy atom. The van der Waals surface area contributed by atoms with E-state index in [-0.39, 0.29) is 5.92 Å². The van der Waals surface area contributed by atoms with Crippen LogP contribution in [-0.4, -0.2) is 28.4 Å². The van der Waals surface area contributed by atoms with E-state index in [9.17, 15) is 10.2 Å². The van der Waals surface area contributed by atoms with E-state index in [4.69, 9.17) is 4.74 Å². The van der Waals surface area contributed by atoms with Crippen LogP contribution < -0.4 is 0 Å². The zero-order valence-electron chi connectivity index (χ0n) is 7.76. The summed E-state index contributed by atoms with van der Waals surface area (Å²) in [6.45, 7) is 0.994. The topological polar surface area (TPSA) is 62.6 Å². The molecule has 1 aromatic heterocycles. The molecule has 1 aromatic rings. The van der Waals surface area contributed by atoms with Gasteiger partial charge in [-0.1, -0.05) is 0 Å². The van der Waals surface area contributed by atoms with Crippen LogP contribution in [0.5, 0.6) is 0 Å². The number of pyridine rings is 1. The lowest BCUT2D eigenvalue weighted by molar-refractivity contribution is -0.209. The molecule has 2 heterocycles. The van der Waals surface area contributed by atoms with Gasteiger partial charge >= 0.3 is 0 Å². The highest BCUT2D eigenvalue weighted by molar-refractivity contribution is 5.17. The molecule has 2 rings (SSSR count). The zero-order valence-corrected chi connectivity index (χ0v) is 7.76. The number of nitrogens with zero attached hydrogens (tertiary/aromatic N) is 1. The molecule has 1 aliphatic heterocycles. The number of hydrogen-bond donors (Lipinski definition) is 2. The van der Waals surface area contributed by atoms with E-state index >= 15 is 0 Å². The van der Waals surface area contributed by atoms with Crippen molar-refractivity contribution in [2.75, 3.05) is 13.2 Å². The molecule has 4 nitrogen and oxygen atoms in total. The van der Waals surface area contributed by atoms with Gasteiger partial charge in [0.05, 0.1) is 6.61 Å². The smallest absolute Gasteiger partial charge is 0.195 e. The average Bonchev–Trinajstić information content (AvgIpc) is 2.72. The quantitative estimate of drug-likeness (QED) is 0.664. The summed E-state index contributed by atoms with van der Waals surface area (Å²) in [6.07, 6.45) is 3.77. The summed E-state index contributed by atoms with van der Waals surface area (Å²) in [6, 6.07) is 3.22. The largest absolute Gasteiger partial charge is 0.381 e. The van der Waals surface area contributed by atoms with Crippen LogP contribution in [0.25, 0.3) is 0 Å². The van der Waals surface area contributed by atoms with E-state index in [1.165, 1.54) is 0 Å². The van der Waals surface area contributed by atoms with Crippen LogP contribution in [0.1, 0.15) is 12.0 Å². The number of ether oxygens (including phenoxy) is 1. The standard InChI is InChI=1S/C10H13NO3/c12-10(13,9-3-6-14-7-9)8-1-4-11-5-2-8/h1-2,4-5,9,12-13H,3,6-7H2. The third-order valence-corrected chi connectivity index (χ3v) is 2.60. The maximum atomic E-state index is 9.93. The highest BCUT2D eigenvalue weighted by Crippen LogP contribution is 2.32. The van der Waals surface area contributed by atoms with Crippen LogP contribution in [-0.2, 0) is 10.5 Å². The summed E-state index contributed by atoms with van der Waals surface area (Å²) in [5, 5.41) is 19.9. The van der Waals surface area contributed by atoms with Gasteiger partial charge in [-0.25, -0.2) is 0 Å². The molecule has 0 spiro atoms. The Morgan fingerprint density at radius 3 is 2.64 bits per heavy atom. The van der Waals surface area contributed by atoms with Crippen molar-refractivity contribution in [1.82, 2.24) is 4.98 Å². The fourth-order valence-electron chi connectivity index (χ4n) is 1.68. The summed E-state index contributed by atoms with van der Waals surface area (Å²) < 4.78 is 5.13.